The molecule has 0 aliphatic rings. The Morgan fingerprint density at radius 3 is 2.61 bits per heavy atom. The predicted octanol–water partition coefficient (Wildman–Crippen LogP) is 2.35. The maximum absolute atomic E-state index is 13.1. The van der Waals surface area contributed by atoms with Crippen LogP contribution in [0.5, 0.6) is 0 Å². The summed E-state index contributed by atoms with van der Waals surface area (Å²) < 4.78 is 18.3. The number of aryl methyl sites for hydroxylation is 1. The summed E-state index contributed by atoms with van der Waals surface area (Å²) in [5.74, 6) is -0.793. The summed E-state index contributed by atoms with van der Waals surface area (Å²) in [5, 5.41) is 0. The molecule has 0 spiro atoms. The average molecular weight is 253 g/mol. The van der Waals surface area contributed by atoms with E-state index < -0.39 is 17.6 Å². The molecule has 0 fully saturated rings. The van der Waals surface area contributed by atoms with Crippen LogP contribution in [-0.2, 0) is 16.0 Å². The first kappa shape index (κ1) is 14.6. The first-order chi connectivity index (χ1) is 8.19. The fourth-order valence-corrected chi connectivity index (χ4v) is 1.56. The van der Waals surface area contributed by atoms with Crippen molar-refractivity contribution in [2.24, 2.45) is 5.73 Å². The van der Waals surface area contributed by atoms with Gasteiger partial charge in [-0.05, 0) is 57.4 Å². The molecule has 0 aromatic heterocycles. The quantitative estimate of drug-likeness (QED) is 0.841. The van der Waals surface area contributed by atoms with Crippen molar-refractivity contribution >= 4 is 5.97 Å². The van der Waals surface area contributed by atoms with E-state index in [0.717, 1.165) is 11.1 Å². The van der Waals surface area contributed by atoms with Crippen molar-refractivity contribution < 1.29 is 13.9 Å². The fraction of sp³-hybridized carbons (Fsp3) is 0.500. The lowest BCUT2D eigenvalue weighted by molar-refractivity contribution is -0.156. The second-order valence-electron chi connectivity index (χ2n) is 5.41. The number of benzene rings is 1. The third-order valence-electron chi connectivity index (χ3n) is 2.46. The van der Waals surface area contributed by atoms with Gasteiger partial charge in [0.25, 0.3) is 0 Å². The molecule has 1 aromatic carbocycles. The minimum atomic E-state index is -0.773. The van der Waals surface area contributed by atoms with E-state index in [1.54, 1.807) is 26.8 Å². The van der Waals surface area contributed by atoms with Gasteiger partial charge in [-0.2, -0.15) is 0 Å². The van der Waals surface area contributed by atoms with Gasteiger partial charge in [-0.25, -0.2) is 4.39 Å². The molecule has 100 valence electrons. The smallest absolute Gasteiger partial charge is 0.323 e. The van der Waals surface area contributed by atoms with E-state index in [9.17, 15) is 9.18 Å². The highest BCUT2D eigenvalue weighted by molar-refractivity contribution is 5.76. The summed E-state index contributed by atoms with van der Waals surface area (Å²) in [6.45, 7) is 7.21. The zero-order chi connectivity index (χ0) is 13.9. The summed E-state index contributed by atoms with van der Waals surface area (Å²) in [4.78, 5) is 11.7. The largest absolute Gasteiger partial charge is 0.459 e. The predicted molar refractivity (Wildman–Crippen MR) is 68.7 cm³/mol. The van der Waals surface area contributed by atoms with E-state index in [1.165, 1.54) is 12.1 Å². The molecule has 3 nitrogen and oxygen atoms in total. The van der Waals surface area contributed by atoms with Gasteiger partial charge in [0.15, 0.2) is 0 Å². The van der Waals surface area contributed by atoms with Crippen LogP contribution in [0.3, 0.4) is 0 Å². The summed E-state index contributed by atoms with van der Waals surface area (Å²) in [6.07, 6.45) is 0.276. The van der Waals surface area contributed by atoms with Crippen molar-refractivity contribution in [1.82, 2.24) is 0 Å². The number of carbonyl (C=O) groups excluding carboxylic acids is 1. The Kier molecular flexibility index (Phi) is 4.46. The van der Waals surface area contributed by atoms with Crippen LogP contribution in [0.2, 0.25) is 0 Å². The van der Waals surface area contributed by atoms with Crippen LogP contribution in [-0.4, -0.2) is 17.6 Å². The normalized spacial score (nSPS) is 13.2. The van der Waals surface area contributed by atoms with Crippen molar-refractivity contribution in [3.05, 3.63) is 35.1 Å². The lowest BCUT2D eigenvalue weighted by Gasteiger charge is -2.22. The average Bonchev–Trinajstić information content (AvgIpc) is 2.21. The molecule has 0 heterocycles. The van der Waals surface area contributed by atoms with Crippen LogP contribution in [0.25, 0.3) is 0 Å². The van der Waals surface area contributed by atoms with Crippen molar-refractivity contribution in [2.45, 2.75) is 45.8 Å². The summed E-state index contributed by atoms with van der Waals surface area (Å²) in [7, 11) is 0. The standard InChI is InChI=1S/C14H20FNO2/c1-9-5-6-11(15)7-10(9)8-12(16)13(17)18-14(2,3)4/h5-7,12H,8,16H2,1-4H3. The van der Waals surface area contributed by atoms with E-state index in [4.69, 9.17) is 10.5 Å². The van der Waals surface area contributed by atoms with Gasteiger partial charge in [0.2, 0.25) is 0 Å². The zero-order valence-electron chi connectivity index (χ0n) is 11.3. The first-order valence-electron chi connectivity index (χ1n) is 5.92. The maximum Gasteiger partial charge on any atom is 0.323 e. The number of ether oxygens (including phenoxy) is 1. The molecule has 0 bridgehead atoms. The molecule has 0 radical (unpaired) electrons. The lowest BCUT2D eigenvalue weighted by Crippen LogP contribution is -2.39. The van der Waals surface area contributed by atoms with Crippen LogP contribution in [0.1, 0.15) is 31.9 Å². The molecule has 1 atom stereocenters. The molecule has 0 aliphatic heterocycles. The van der Waals surface area contributed by atoms with Gasteiger partial charge in [0.1, 0.15) is 17.5 Å². The van der Waals surface area contributed by atoms with Crippen LogP contribution in [0, 0.1) is 12.7 Å². The van der Waals surface area contributed by atoms with E-state index >= 15 is 0 Å². The minimum absolute atomic E-state index is 0.276. The number of hydrogen-bond donors (Lipinski definition) is 1. The van der Waals surface area contributed by atoms with E-state index in [0.29, 0.717) is 0 Å². The molecule has 2 N–H and O–H groups in total. The molecule has 4 heteroatoms. The second-order valence-corrected chi connectivity index (χ2v) is 5.41. The molecule has 1 unspecified atom stereocenters. The highest BCUT2D eigenvalue weighted by atomic mass is 19.1. The second kappa shape index (κ2) is 5.48. The van der Waals surface area contributed by atoms with E-state index in [-0.39, 0.29) is 12.2 Å². The number of rotatable bonds is 3. The van der Waals surface area contributed by atoms with Gasteiger partial charge in [-0.1, -0.05) is 6.07 Å². The SMILES string of the molecule is Cc1ccc(F)cc1CC(N)C(=O)OC(C)(C)C. The third-order valence-corrected chi connectivity index (χ3v) is 2.46. The summed E-state index contributed by atoms with van der Waals surface area (Å²) in [5.41, 5.74) is 6.86. The fourth-order valence-electron chi connectivity index (χ4n) is 1.56. The highest BCUT2D eigenvalue weighted by Gasteiger charge is 2.22. The Labute approximate surface area is 107 Å². The van der Waals surface area contributed by atoms with Gasteiger partial charge in [-0.3, -0.25) is 4.79 Å². The maximum atomic E-state index is 13.1. The van der Waals surface area contributed by atoms with Gasteiger partial charge in [0.05, 0.1) is 0 Å². The lowest BCUT2D eigenvalue weighted by atomic mass is 10.0. The highest BCUT2D eigenvalue weighted by Crippen LogP contribution is 2.14. The number of nitrogens with two attached hydrogens (primary N) is 1. The van der Waals surface area contributed by atoms with Crippen LogP contribution in [0.15, 0.2) is 18.2 Å². The zero-order valence-corrected chi connectivity index (χ0v) is 11.3. The van der Waals surface area contributed by atoms with E-state index in [1.807, 2.05) is 6.92 Å². The number of hydrogen-bond acceptors (Lipinski definition) is 3. The molecular weight excluding hydrogens is 233 g/mol. The Morgan fingerprint density at radius 2 is 2.06 bits per heavy atom. The van der Waals surface area contributed by atoms with Gasteiger partial charge >= 0.3 is 5.97 Å². The molecule has 1 aromatic rings. The van der Waals surface area contributed by atoms with Gasteiger partial charge < -0.3 is 10.5 Å². The van der Waals surface area contributed by atoms with Crippen molar-refractivity contribution in [2.75, 3.05) is 0 Å². The number of carbonyl (C=O) groups is 1. The first-order valence-corrected chi connectivity index (χ1v) is 5.92. The molecular formula is C14H20FNO2. The third kappa shape index (κ3) is 4.45. The summed E-state index contributed by atoms with van der Waals surface area (Å²) >= 11 is 0. The molecule has 0 saturated carbocycles. The van der Waals surface area contributed by atoms with Crippen LogP contribution in [0.4, 0.5) is 4.39 Å². The Morgan fingerprint density at radius 1 is 1.44 bits per heavy atom. The molecule has 0 amide bonds. The Balaban J connectivity index is 2.72. The molecule has 0 aliphatic carbocycles. The molecule has 1 rings (SSSR count). The van der Waals surface area contributed by atoms with Crippen molar-refractivity contribution in [3.8, 4) is 0 Å². The monoisotopic (exact) mass is 253 g/mol. The van der Waals surface area contributed by atoms with Crippen molar-refractivity contribution in [3.63, 3.8) is 0 Å². The summed E-state index contributed by atoms with van der Waals surface area (Å²) in [6, 6.07) is 3.69. The molecule has 0 saturated heterocycles. The molecule has 18 heavy (non-hydrogen) atoms. The minimum Gasteiger partial charge on any atom is -0.459 e. The number of halogens is 1. The van der Waals surface area contributed by atoms with Crippen LogP contribution < -0.4 is 5.73 Å². The van der Waals surface area contributed by atoms with E-state index in [2.05, 4.69) is 0 Å². The van der Waals surface area contributed by atoms with Gasteiger partial charge in [0, 0.05) is 0 Å². The Bertz CT molecular complexity index is 438. The van der Waals surface area contributed by atoms with Crippen LogP contribution >= 0.6 is 0 Å². The number of esters is 1. The van der Waals surface area contributed by atoms with Crippen molar-refractivity contribution in [1.29, 1.82) is 0 Å². The topological polar surface area (TPSA) is 52.3 Å². The Hall–Kier alpha value is -1.42. The van der Waals surface area contributed by atoms with Gasteiger partial charge in [-0.15, -0.1) is 0 Å².